The van der Waals surface area contributed by atoms with Crippen molar-refractivity contribution in [3.05, 3.63) is 75.1 Å². The molecule has 152 valence electrons. The van der Waals surface area contributed by atoms with Crippen molar-refractivity contribution in [1.82, 2.24) is 9.97 Å². The smallest absolute Gasteiger partial charge is 0.306 e. The molecule has 0 aliphatic heterocycles. The van der Waals surface area contributed by atoms with E-state index in [4.69, 9.17) is 4.74 Å². The molecule has 0 saturated heterocycles. The van der Waals surface area contributed by atoms with Crippen LogP contribution in [0, 0.1) is 6.92 Å². The highest BCUT2D eigenvalue weighted by molar-refractivity contribution is 7.21. The molecule has 4 rings (SSSR count). The van der Waals surface area contributed by atoms with Crippen LogP contribution in [0.2, 0.25) is 0 Å². The molecule has 0 aliphatic rings. The molecular weight excluding hydrogens is 400 g/mol. The molecule has 0 aliphatic carbocycles. The van der Waals surface area contributed by atoms with Crippen molar-refractivity contribution in [2.75, 3.05) is 6.61 Å². The monoisotopic (exact) mass is 420 g/mol. The van der Waals surface area contributed by atoms with Crippen LogP contribution in [-0.2, 0) is 16.0 Å². The van der Waals surface area contributed by atoms with E-state index in [0.717, 1.165) is 15.6 Å². The number of esters is 1. The summed E-state index contributed by atoms with van der Waals surface area (Å²) >= 11 is 1.42. The van der Waals surface area contributed by atoms with Gasteiger partial charge in [-0.15, -0.1) is 11.3 Å². The lowest BCUT2D eigenvalue weighted by molar-refractivity contribution is -0.142. The Balaban J connectivity index is 1.30. The van der Waals surface area contributed by atoms with Gasteiger partial charge in [0.05, 0.1) is 15.8 Å². The summed E-state index contributed by atoms with van der Waals surface area (Å²) in [5, 5.41) is 1.59. The van der Waals surface area contributed by atoms with Gasteiger partial charge < -0.3 is 9.72 Å². The lowest BCUT2D eigenvalue weighted by Gasteiger charge is -2.05. The van der Waals surface area contributed by atoms with Crippen molar-refractivity contribution in [2.45, 2.75) is 26.2 Å². The van der Waals surface area contributed by atoms with Crippen LogP contribution in [0.3, 0.4) is 0 Å². The van der Waals surface area contributed by atoms with Gasteiger partial charge in [0.15, 0.2) is 6.61 Å². The van der Waals surface area contributed by atoms with Crippen LogP contribution in [-0.4, -0.2) is 28.3 Å². The highest BCUT2D eigenvalue weighted by Crippen LogP contribution is 2.30. The van der Waals surface area contributed by atoms with Crippen LogP contribution in [0.5, 0.6) is 0 Å². The van der Waals surface area contributed by atoms with E-state index in [0.29, 0.717) is 34.4 Å². The van der Waals surface area contributed by atoms with Crippen LogP contribution in [0.4, 0.5) is 0 Å². The van der Waals surface area contributed by atoms with E-state index in [1.54, 1.807) is 18.2 Å². The Hall–Kier alpha value is -3.32. The number of carbonyl (C=O) groups is 2. The number of hydrogen-bond donors (Lipinski definition) is 1. The van der Waals surface area contributed by atoms with Gasteiger partial charge in [0.25, 0.3) is 5.56 Å². The molecule has 0 unspecified atom stereocenters. The van der Waals surface area contributed by atoms with E-state index in [9.17, 15) is 14.4 Å². The van der Waals surface area contributed by atoms with Crippen molar-refractivity contribution in [2.24, 2.45) is 0 Å². The average molecular weight is 420 g/mol. The number of thiophene rings is 1. The molecule has 30 heavy (non-hydrogen) atoms. The zero-order valence-corrected chi connectivity index (χ0v) is 17.3. The Kier molecular flexibility index (Phi) is 5.72. The predicted octanol–water partition coefficient (Wildman–Crippen LogP) is 4.20. The Labute approximate surface area is 176 Å². The number of aromatic nitrogens is 2. The van der Waals surface area contributed by atoms with Crippen LogP contribution in [0.15, 0.2) is 53.3 Å². The summed E-state index contributed by atoms with van der Waals surface area (Å²) in [5.41, 5.74) is 1.36. The summed E-state index contributed by atoms with van der Waals surface area (Å²) in [5.74, 6) is -0.101. The first-order valence-corrected chi connectivity index (χ1v) is 10.5. The number of rotatable bonds is 7. The summed E-state index contributed by atoms with van der Waals surface area (Å²) in [6, 6.07) is 14.9. The summed E-state index contributed by atoms with van der Waals surface area (Å²) in [7, 11) is 0. The van der Waals surface area contributed by atoms with Crippen molar-refractivity contribution in [1.29, 1.82) is 0 Å². The van der Waals surface area contributed by atoms with Gasteiger partial charge in [-0.3, -0.25) is 14.4 Å². The fraction of sp³-hybridized carbons (Fsp3) is 0.217. The minimum atomic E-state index is -0.440. The highest BCUT2D eigenvalue weighted by Gasteiger charge is 2.17. The van der Waals surface area contributed by atoms with Gasteiger partial charge in [-0.1, -0.05) is 30.3 Å². The van der Waals surface area contributed by atoms with Crippen molar-refractivity contribution in [3.63, 3.8) is 0 Å². The minimum absolute atomic E-state index is 0.148. The number of H-pyrrole nitrogens is 1. The Morgan fingerprint density at radius 2 is 1.80 bits per heavy atom. The molecule has 7 heteroatoms. The second-order valence-corrected chi connectivity index (χ2v) is 8.07. The third kappa shape index (κ3) is 4.16. The molecule has 1 N–H and O–H groups in total. The van der Waals surface area contributed by atoms with Crippen molar-refractivity contribution >= 4 is 44.1 Å². The number of para-hydroxylation sites is 1. The number of nitrogens with one attached hydrogen (secondary N) is 1. The first-order valence-electron chi connectivity index (χ1n) is 9.68. The van der Waals surface area contributed by atoms with E-state index in [-0.39, 0.29) is 24.4 Å². The van der Waals surface area contributed by atoms with Crippen LogP contribution in [0.1, 0.15) is 33.9 Å². The fourth-order valence-electron chi connectivity index (χ4n) is 3.38. The number of carbonyl (C=O) groups excluding carboxylic acids is 2. The molecule has 0 spiro atoms. The molecule has 0 fully saturated rings. The van der Waals surface area contributed by atoms with Gasteiger partial charge in [-0.2, -0.15) is 0 Å². The Morgan fingerprint density at radius 1 is 1.07 bits per heavy atom. The number of ketones is 1. The normalized spacial score (nSPS) is 11.1. The maximum Gasteiger partial charge on any atom is 0.306 e. The van der Waals surface area contributed by atoms with E-state index in [1.165, 1.54) is 11.3 Å². The topological polar surface area (TPSA) is 89.1 Å². The van der Waals surface area contributed by atoms with E-state index in [2.05, 4.69) is 9.97 Å². The third-order valence-electron chi connectivity index (χ3n) is 4.92. The lowest BCUT2D eigenvalue weighted by atomic mass is 10.1. The Bertz CT molecular complexity index is 1310. The highest BCUT2D eigenvalue weighted by atomic mass is 32.1. The summed E-state index contributed by atoms with van der Waals surface area (Å²) in [6.45, 7) is 1.64. The predicted molar refractivity (Wildman–Crippen MR) is 117 cm³/mol. The van der Waals surface area contributed by atoms with E-state index < -0.39 is 5.97 Å². The van der Waals surface area contributed by atoms with Gasteiger partial charge in [-0.25, -0.2) is 4.98 Å². The van der Waals surface area contributed by atoms with Crippen LogP contribution >= 0.6 is 11.3 Å². The van der Waals surface area contributed by atoms with Crippen molar-refractivity contribution in [3.8, 4) is 0 Å². The zero-order valence-electron chi connectivity index (χ0n) is 16.4. The summed E-state index contributed by atoms with van der Waals surface area (Å²) < 4.78 is 6.21. The fourth-order valence-corrected chi connectivity index (χ4v) is 4.51. The molecule has 6 nitrogen and oxygen atoms in total. The maximum atomic E-state index is 12.5. The third-order valence-corrected chi connectivity index (χ3v) is 6.23. The largest absolute Gasteiger partial charge is 0.457 e. The number of hydrogen-bond acceptors (Lipinski definition) is 6. The second kappa shape index (κ2) is 8.59. The zero-order chi connectivity index (χ0) is 21.1. The average Bonchev–Trinajstić information content (AvgIpc) is 3.09. The quantitative estimate of drug-likeness (QED) is 0.358. The lowest BCUT2D eigenvalue weighted by Crippen LogP contribution is -2.15. The molecular formula is C23H20N2O4S. The summed E-state index contributed by atoms with van der Waals surface area (Å²) in [6.07, 6.45) is 1.06. The molecule has 0 radical (unpaired) electrons. The number of fused-ring (bicyclic) bond motifs is 2. The van der Waals surface area contributed by atoms with Crippen LogP contribution < -0.4 is 5.56 Å². The molecule has 2 heterocycles. The SMILES string of the molecule is Cc1c(C(=O)COC(=O)CCCc2nc3ccccc3c(=O)[nH]2)sc2ccccc12. The van der Waals surface area contributed by atoms with Gasteiger partial charge in [-0.05, 0) is 42.5 Å². The van der Waals surface area contributed by atoms with E-state index in [1.807, 2.05) is 37.3 Å². The first-order chi connectivity index (χ1) is 14.5. The molecule has 0 amide bonds. The molecule has 4 aromatic rings. The van der Waals surface area contributed by atoms with Gasteiger partial charge >= 0.3 is 5.97 Å². The van der Waals surface area contributed by atoms with Gasteiger partial charge in [0.2, 0.25) is 5.78 Å². The Morgan fingerprint density at radius 3 is 2.60 bits per heavy atom. The number of nitrogens with zero attached hydrogens (tertiary/aromatic N) is 1. The number of Topliss-reactive ketones (excluding diaryl/α,β-unsaturated/α-hetero) is 1. The van der Waals surface area contributed by atoms with Crippen molar-refractivity contribution < 1.29 is 14.3 Å². The first kappa shape index (κ1) is 20.0. The molecule has 2 aromatic heterocycles. The number of ether oxygens (including phenoxy) is 1. The molecule has 0 saturated carbocycles. The number of benzene rings is 2. The van der Waals surface area contributed by atoms with E-state index >= 15 is 0 Å². The molecule has 0 atom stereocenters. The standard InChI is InChI=1S/C23H20N2O4S/c1-14-15-7-3-5-10-19(15)30-22(14)18(26)13-29-21(27)12-6-11-20-24-17-9-4-2-8-16(17)23(28)25-20/h2-5,7-10H,6,11-13H2,1H3,(H,24,25,28). The number of aromatic amines is 1. The minimum Gasteiger partial charge on any atom is -0.457 e. The summed E-state index contributed by atoms with van der Waals surface area (Å²) in [4.78, 5) is 44.4. The van der Waals surface area contributed by atoms with Gasteiger partial charge in [0, 0.05) is 17.5 Å². The second-order valence-electron chi connectivity index (χ2n) is 7.02. The molecule has 2 aromatic carbocycles. The van der Waals surface area contributed by atoms with Crippen LogP contribution in [0.25, 0.3) is 21.0 Å². The van der Waals surface area contributed by atoms with Gasteiger partial charge in [0.1, 0.15) is 5.82 Å². The molecule has 0 bridgehead atoms. The number of aryl methyl sites for hydroxylation is 2. The maximum absolute atomic E-state index is 12.5.